The number of hydrogen-bond acceptors (Lipinski definition) is 6. The number of nitrogens with zero attached hydrogens (tertiary/aromatic N) is 3. The van der Waals surface area contributed by atoms with E-state index in [4.69, 9.17) is 0 Å². The normalized spacial score (nSPS) is 15.2. The zero-order valence-corrected chi connectivity index (χ0v) is 16.8. The van der Waals surface area contributed by atoms with Crippen LogP contribution in [0.4, 0.5) is 9.52 Å². The van der Waals surface area contributed by atoms with Crippen LogP contribution in [0.1, 0.15) is 10.4 Å². The lowest BCUT2D eigenvalue weighted by atomic mass is 10.2. The zero-order valence-electron chi connectivity index (χ0n) is 15.1. The van der Waals surface area contributed by atoms with Crippen LogP contribution >= 0.6 is 11.3 Å². The predicted molar refractivity (Wildman–Crippen MR) is 107 cm³/mol. The third kappa shape index (κ3) is 3.59. The van der Waals surface area contributed by atoms with Gasteiger partial charge in [0, 0.05) is 38.0 Å². The maximum atomic E-state index is 13.0. The molecule has 0 bridgehead atoms. The fourth-order valence-corrected chi connectivity index (χ4v) is 5.16. The molecule has 1 aliphatic rings. The highest BCUT2D eigenvalue weighted by atomic mass is 32.2. The fourth-order valence-electron chi connectivity index (χ4n) is 3.22. The van der Waals surface area contributed by atoms with Crippen LogP contribution in [-0.2, 0) is 9.84 Å². The van der Waals surface area contributed by atoms with E-state index in [0.717, 1.165) is 9.83 Å². The molecule has 3 aromatic rings. The Bertz CT molecular complexity index is 1130. The molecule has 1 aromatic heterocycles. The molecule has 146 valence electrons. The molecule has 2 heterocycles. The number of piperazine rings is 1. The Kier molecular flexibility index (Phi) is 4.80. The number of hydrogen-bond donors (Lipinski definition) is 0. The van der Waals surface area contributed by atoms with Gasteiger partial charge in [0.1, 0.15) is 11.3 Å². The van der Waals surface area contributed by atoms with Gasteiger partial charge in [0.2, 0.25) is 0 Å². The van der Waals surface area contributed by atoms with E-state index < -0.39 is 9.84 Å². The second-order valence-electron chi connectivity index (χ2n) is 6.66. The Labute approximate surface area is 166 Å². The highest BCUT2D eigenvalue weighted by Crippen LogP contribution is 2.33. The van der Waals surface area contributed by atoms with Gasteiger partial charge in [-0.1, -0.05) is 17.4 Å². The summed E-state index contributed by atoms with van der Waals surface area (Å²) in [6.45, 7) is 2.23. The average molecular weight is 420 g/mol. The number of benzene rings is 2. The highest BCUT2D eigenvalue weighted by molar-refractivity contribution is 7.91. The van der Waals surface area contributed by atoms with Gasteiger partial charge in [-0.05, 0) is 36.4 Å². The van der Waals surface area contributed by atoms with Gasteiger partial charge < -0.3 is 9.80 Å². The van der Waals surface area contributed by atoms with Crippen LogP contribution in [0.3, 0.4) is 0 Å². The van der Waals surface area contributed by atoms with Crippen LogP contribution in [-0.4, -0.2) is 56.6 Å². The first-order chi connectivity index (χ1) is 13.3. The van der Waals surface area contributed by atoms with Gasteiger partial charge in [-0.15, -0.1) is 0 Å². The topological polar surface area (TPSA) is 70.6 Å². The lowest BCUT2D eigenvalue weighted by molar-refractivity contribution is 0.0746. The van der Waals surface area contributed by atoms with E-state index in [1.54, 1.807) is 17.0 Å². The Balaban J connectivity index is 1.51. The van der Waals surface area contributed by atoms with Crippen molar-refractivity contribution in [1.82, 2.24) is 9.88 Å². The Morgan fingerprint density at radius 3 is 2.39 bits per heavy atom. The van der Waals surface area contributed by atoms with Gasteiger partial charge >= 0.3 is 0 Å². The maximum Gasteiger partial charge on any atom is 0.253 e. The first-order valence-corrected chi connectivity index (χ1v) is 11.4. The van der Waals surface area contributed by atoms with Gasteiger partial charge in [-0.3, -0.25) is 4.79 Å². The van der Waals surface area contributed by atoms with Gasteiger partial charge in [0.05, 0.1) is 9.60 Å². The number of rotatable bonds is 3. The van der Waals surface area contributed by atoms with Crippen LogP contribution in [0.2, 0.25) is 0 Å². The van der Waals surface area contributed by atoms with Crippen molar-refractivity contribution in [2.75, 3.05) is 37.3 Å². The van der Waals surface area contributed by atoms with Crippen LogP contribution in [0.15, 0.2) is 47.4 Å². The van der Waals surface area contributed by atoms with Crippen molar-refractivity contribution in [3.63, 3.8) is 0 Å². The number of aromatic nitrogens is 1. The van der Waals surface area contributed by atoms with Crippen LogP contribution < -0.4 is 4.90 Å². The first kappa shape index (κ1) is 18.8. The zero-order chi connectivity index (χ0) is 19.9. The Hall–Kier alpha value is -2.52. The number of halogens is 1. The largest absolute Gasteiger partial charge is 0.345 e. The smallest absolute Gasteiger partial charge is 0.253 e. The fraction of sp³-hybridized carbons (Fsp3) is 0.263. The maximum absolute atomic E-state index is 13.0. The first-order valence-electron chi connectivity index (χ1n) is 8.72. The van der Waals surface area contributed by atoms with Crippen molar-refractivity contribution < 1.29 is 17.6 Å². The van der Waals surface area contributed by atoms with E-state index in [2.05, 4.69) is 9.88 Å². The molecule has 0 N–H and O–H groups in total. The number of amides is 1. The molecular weight excluding hydrogens is 401 g/mol. The number of carbonyl (C=O) groups excluding carboxylic acids is 1. The van der Waals surface area contributed by atoms with Crippen molar-refractivity contribution in [1.29, 1.82) is 0 Å². The lowest BCUT2D eigenvalue weighted by Crippen LogP contribution is -2.48. The van der Waals surface area contributed by atoms with Crippen molar-refractivity contribution in [3.05, 3.63) is 53.8 Å². The molecule has 0 spiro atoms. The standard InChI is InChI=1S/C19H18FN3O3S2/c1-28(25,26)16-4-2-3-15-17(16)21-19(27-15)23-11-9-22(10-12-23)18(24)13-5-7-14(20)8-6-13/h2-8H,9-12H2,1H3. The van der Waals surface area contributed by atoms with E-state index in [1.165, 1.54) is 41.9 Å². The molecule has 1 aliphatic heterocycles. The lowest BCUT2D eigenvalue weighted by Gasteiger charge is -2.34. The molecule has 1 saturated heterocycles. The van der Waals surface area contributed by atoms with Crippen molar-refractivity contribution >= 4 is 42.4 Å². The minimum absolute atomic E-state index is 0.122. The molecule has 0 unspecified atom stereocenters. The summed E-state index contributed by atoms with van der Waals surface area (Å²) in [5.74, 6) is -0.492. The van der Waals surface area contributed by atoms with Crippen LogP contribution in [0.25, 0.3) is 10.2 Å². The number of para-hydroxylation sites is 1. The third-order valence-corrected chi connectivity index (χ3v) is 6.91. The highest BCUT2D eigenvalue weighted by Gasteiger charge is 2.25. The summed E-state index contributed by atoms with van der Waals surface area (Å²) in [6, 6.07) is 10.7. The molecule has 4 rings (SSSR count). The molecular formula is C19H18FN3O3S2. The summed E-state index contributed by atoms with van der Waals surface area (Å²) in [6.07, 6.45) is 1.18. The quantitative estimate of drug-likeness (QED) is 0.653. The van der Waals surface area contributed by atoms with Gasteiger partial charge in [-0.25, -0.2) is 17.8 Å². The van der Waals surface area contributed by atoms with E-state index in [-0.39, 0.29) is 16.6 Å². The summed E-state index contributed by atoms with van der Waals surface area (Å²) in [5, 5.41) is 0.750. The number of fused-ring (bicyclic) bond motifs is 1. The number of thiazole rings is 1. The molecule has 0 saturated carbocycles. The van der Waals surface area contributed by atoms with Crippen molar-refractivity contribution in [3.8, 4) is 0 Å². The van der Waals surface area contributed by atoms with E-state index >= 15 is 0 Å². The third-order valence-electron chi connectivity index (χ3n) is 4.70. The number of anilines is 1. The molecule has 0 aliphatic carbocycles. The van der Waals surface area contributed by atoms with Crippen LogP contribution in [0.5, 0.6) is 0 Å². The van der Waals surface area contributed by atoms with Crippen molar-refractivity contribution in [2.24, 2.45) is 0 Å². The van der Waals surface area contributed by atoms with Crippen LogP contribution in [0, 0.1) is 5.82 Å². The van der Waals surface area contributed by atoms with Crippen molar-refractivity contribution in [2.45, 2.75) is 4.90 Å². The minimum atomic E-state index is -3.35. The summed E-state index contributed by atoms with van der Waals surface area (Å²) >= 11 is 1.45. The summed E-state index contributed by atoms with van der Waals surface area (Å²) in [7, 11) is -3.35. The van der Waals surface area contributed by atoms with Gasteiger partial charge in [-0.2, -0.15) is 0 Å². The molecule has 9 heteroatoms. The molecule has 28 heavy (non-hydrogen) atoms. The SMILES string of the molecule is CS(=O)(=O)c1cccc2sc(N3CCN(C(=O)c4ccc(F)cc4)CC3)nc12. The summed E-state index contributed by atoms with van der Waals surface area (Å²) < 4.78 is 37.8. The summed E-state index contributed by atoms with van der Waals surface area (Å²) in [4.78, 5) is 21.1. The second kappa shape index (κ2) is 7.14. The average Bonchev–Trinajstić information content (AvgIpc) is 3.11. The molecule has 1 amide bonds. The second-order valence-corrected chi connectivity index (χ2v) is 9.65. The number of carbonyl (C=O) groups is 1. The van der Waals surface area contributed by atoms with Gasteiger partial charge in [0.15, 0.2) is 15.0 Å². The predicted octanol–water partition coefficient (Wildman–Crippen LogP) is 2.80. The monoisotopic (exact) mass is 419 g/mol. The van der Waals surface area contributed by atoms with E-state index in [1.807, 2.05) is 6.07 Å². The summed E-state index contributed by atoms with van der Waals surface area (Å²) in [5.41, 5.74) is 0.961. The Morgan fingerprint density at radius 1 is 1.07 bits per heavy atom. The molecule has 0 atom stereocenters. The molecule has 1 fully saturated rings. The minimum Gasteiger partial charge on any atom is -0.345 e. The molecule has 6 nitrogen and oxygen atoms in total. The number of sulfone groups is 1. The molecule has 2 aromatic carbocycles. The van der Waals surface area contributed by atoms with E-state index in [0.29, 0.717) is 37.3 Å². The Morgan fingerprint density at radius 2 is 1.75 bits per heavy atom. The van der Waals surface area contributed by atoms with Gasteiger partial charge in [0.25, 0.3) is 5.91 Å². The van der Waals surface area contributed by atoms with E-state index in [9.17, 15) is 17.6 Å². The molecule has 0 radical (unpaired) electrons.